The molecule has 1 aliphatic heterocycles. The van der Waals surface area contributed by atoms with Gasteiger partial charge in [0.15, 0.2) is 5.96 Å². The van der Waals surface area contributed by atoms with E-state index >= 15 is 0 Å². The van der Waals surface area contributed by atoms with Crippen molar-refractivity contribution < 1.29 is 8.78 Å². The van der Waals surface area contributed by atoms with Crippen LogP contribution in [-0.4, -0.2) is 31.0 Å². The molecule has 1 aromatic carbocycles. The highest BCUT2D eigenvalue weighted by atomic mass is 127. The van der Waals surface area contributed by atoms with Crippen LogP contribution >= 0.6 is 24.0 Å². The lowest BCUT2D eigenvalue weighted by Crippen LogP contribution is -2.45. The van der Waals surface area contributed by atoms with Crippen molar-refractivity contribution in [2.24, 2.45) is 10.9 Å². The molecule has 1 atom stereocenters. The fraction of sp³-hybridized carbons (Fsp3) is 0.533. The van der Waals surface area contributed by atoms with Gasteiger partial charge in [0, 0.05) is 32.2 Å². The minimum Gasteiger partial charge on any atom is -0.352 e. The van der Waals surface area contributed by atoms with Crippen LogP contribution < -0.4 is 5.32 Å². The van der Waals surface area contributed by atoms with Gasteiger partial charge in [-0.2, -0.15) is 0 Å². The maximum Gasteiger partial charge on any atom is 0.193 e. The zero-order chi connectivity index (χ0) is 14.5. The van der Waals surface area contributed by atoms with Crippen LogP contribution in [0.5, 0.6) is 0 Å². The van der Waals surface area contributed by atoms with Crippen molar-refractivity contribution in [3.8, 4) is 0 Å². The van der Waals surface area contributed by atoms with Gasteiger partial charge in [0.1, 0.15) is 11.6 Å². The van der Waals surface area contributed by atoms with Crippen molar-refractivity contribution in [2.75, 3.05) is 20.1 Å². The monoisotopic (exact) mass is 409 g/mol. The van der Waals surface area contributed by atoms with Gasteiger partial charge in [-0.1, -0.05) is 6.92 Å². The minimum atomic E-state index is -0.426. The molecule has 118 valence electrons. The molecule has 1 unspecified atom stereocenters. The number of aliphatic imine (C=N–C) groups is 1. The second-order valence-electron chi connectivity index (χ2n) is 5.33. The van der Waals surface area contributed by atoms with Crippen molar-refractivity contribution in [3.05, 3.63) is 35.4 Å². The van der Waals surface area contributed by atoms with Gasteiger partial charge in [-0.05, 0) is 37.0 Å². The summed E-state index contributed by atoms with van der Waals surface area (Å²) in [5.74, 6) is 0.555. The number of rotatable bonds is 2. The molecule has 1 aromatic rings. The van der Waals surface area contributed by atoms with E-state index in [1.165, 1.54) is 12.5 Å². The lowest BCUT2D eigenvalue weighted by Gasteiger charge is -2.33. The van der Waals surface area contributed by atoms with E-state index in [0.29, 0.717) is 11.5 Å². The highest BCUT2D eigenvalue weighted by Crippen LogP contribution is 2.16. The summed E-state index contributed by atoms with van der Waals surface area (Å²) < 4.78 is 26.7. The van der Waals surface area contributed by atoms with Crippen molar-refractivity contribution in [3.63, 3.8) is 0 Å². The molecule has 3 nitrogen and oxygen atoms in total. The number of nitrogens with one attached hydrogen (secondary N) is 1. The molecule has 1 heterocycles. The Morgan fingerprint density at radius 1 is 1.43 bits per heavy atom. The number of likely N-dealkylation sites (tertiary alicyclic amines) is 1. The van der Waals surface area contributed by atoms with Gasteiger partial charge in [0.25, 0.3) is 0 Å². The van der Waals surface area contributed by atoms with Crippen molar-refractivity contribution in [1.82, 2.24) is 10.2 Å². The van der Waals surface area contributed by atoms with Gasteiger partial charge in [-0.25, -0.2) is 8.78 Å². The number of piperidine rings is 1. The Balaban J connectivity index is 0.00000220. The molecular weight excluding hydrogens is 387 g/mol. The third-order valence-corrected chi connectivity index (χ3v) is 3.61. The Kier molecular flexibility index (Phi) is 7.34. The zero-order valence-electron chi connectivity index (χ0n) is 12.4. The summed E-state index contributed by atoms with van der Waals surface area (Å²) in [7, 11) is 1.71. The highest BCUT2D eigenvalue weighted by Gasteiger charge is 2.19. The molecule has 1 N–H and O–H groups in total. The second kappa shape index (κ2) is 8.51. The van der Waals surface area contributed by atoms with E-state index in [4.69, 9.17) is 0 Å². The maximum absolute atomic E-state index is 13.6. The minimum absolute atomic E-state index is 0. The van der Waals surface area contributed by atoms with Crippen LogP contribution in [0.3, 0.4) is 0 Å². The van der Waals surface area contributed by atoms with Crippen molar-refractivity contribution in [2.45, 2.75) is 26.3 Å². The van der Waals surface area contributed by atoms with Gasteiger partial charge >= 0.3 is 0 Å². The molecule has 0 amide bonds. The molecule has 1 aliphatic rings. The van der Waals surface area contributed by atoms with Crippen LogP contribution in [0.1, 0.15) is 25.3 Å². The van der Waals surface area contributed by atoms with E-state index in [0.717, 1.165) is 37.6 Å². The molecule has 0 aromatic heterocycles. The average Bonchev–Trinajstić information content (AvgIpc) is 2.43. The first-order valence-electron chi connectivity index (χ1n) is 6.99. The molecule has 1 fully saturated rings. The predicted octanol–water partition coefficient (Wildman–Crippen LogP) is 3.39. The number of halogens is 3. The Morgan fingerprint density at radius 3 is 2.86 bits per heavy atom. The first kappa shape index (κ1) is 18.1. The quantitative estimate of drug-likeness (QED) is 0.461. The molecule has 0 radical (unpaired) electrons. The summed E-state index contributed by atoms with van der Waals surface area (Å²) in [4.78, 5) is 6.40. The summed E-state index contributed by atoms with van der Waals surface area (Å²) in [6.45, 7) is 4.35. The third kappa shape index (κ3) is 5.09. The Morgan fingerprint density at radius 2 is 2.19 bits per heavy atom. The van der Waals surface area contributed by atoms with Crippen LogP contribution in [0.15, 0.2) is 23.2 Å². The fourth-order valence-corrected chi connectivity index (χ4v) is 2.57. The van der Waals surface area contributed by atoms with Crippen LogP contribution in [-0.2, 0) is 6.54 Å². The molecule has 6 heteroatoms. The fourth-order valence-electron chi connectivity index (χ4n) is 2.57. The molecule has 21 heavy (non-hydrogen) atoms. The molecule has 0 spiro atoms. The zero-order valence-corrected chi connectivity index (χ0v) is 14.7. The summed E-state index contributed by atoms with van der Waals surface area (Å²) in [6.07, 6.45) is 2.36. The topological polar surface area (TPSA) is 27.6 Å². The van der Waals surface area contributed by atoms with E-state index < -0.39 is 11.6 Å². The summed E-state index contributed by atoms with van der Waals surface area (Å²) in [5, 5.41) is 3.11. The lowest BCUT2D eigenvalue weighted by atomic mass is 10.0. The van der Waals surface area contributed by atoms with Gasteiger partial charge in [0.2, 0.25) is 0 Å². The summed E-state index contributed by atoms with van der Waals surface area (Å²) in [5.41, 5.74) is 0.316. The number of benzene rings is 1. The third-order valence-electron chi connectivity index (χ3n) is 3.61. The maximum atomic E-state index is 13.6. The molecule has 2 rings (SSSR count). The van der Waals surface area contributed by atoms with E-state index in [-0.39, 0.29) is 30.5 Å². The van der Waals surface area contributed by atoms with Crippen LogP contribution in [0, 0.1) is 17.6 Å². The van der Waals surface area contributed by atoms with E-state index in [9.17, 15) is 8.78 Å². The predicted molar refractivity (Wildman–Crippen MR) is 91.9 cm³/mol. The molecule has 0 aliphatic carbocycles. The average molecular weight is 409 g/mol. The van der Waals surface area contributed by atoms with E-state index in [2.05, 4.69) is 22.1 Å². The Bertz CT molecular complexity index is 494. The van der Waals surface area contributed by atoms with Crippen molar-refractivity contribution >= 4 is 29.9 Å². The Hall–Kier alpha value is -0.920. The second-order valence-corrected chi connectivity index (χ2v) is 5.33. The molecule has 0 bridgehead atoms. The lowest BCUT2D eigenvalue weighted by molar-refractivity contribution is 0.266. The van der Waals surface area contributed by atoms with Crippen LogP contribution in [0.2, 0.25) is 0 Å². The summed E-state index contributed by atoms with van der Waals surface area (Å²) >= 11 is 0. The molecular formula is C15H22F2IN3. The SMILES string of the molecule is CN=C(NCc1cc(F)ccc1F)N1CCCC(C)C1.I. The number of hydrogen-bond acceptors (Lipinski definition) is 1. The van der Waals surface area contributed by atoms with Crippen LogP contribution in [0.4, 0.5) is 8.78 Å². The molecule has 0 saturated carbocycles. The van der Waals surface area contributed by atoms with Gasteiger partial charge < -0.3 is 10.2 Å². The summed E-state index contributed by atoms with van der Waals surface area (Å²) in [6, 6.07) is 3.49. The first-order chi connectivity index (χ1) is 9.60. The van der Waals surface area contributed by atoms with E-state index in [1.54, 1.807) is 7.05 Å². The van der Waals surface area contributed by atoms with Gasteiger partial charge in [0.05, 0.1) is 0 Å². The first-order valence-corrected chi connectivity index (χ1v) is 6.99. The normalized spacial score (nSPS) is 19.1. The largest absolute Gasteiger partial charge is 0.352 e. The van der Waals surface area contributed by atoms with Crippen molar-refractivity contribution in [1.29, 1.82) is 0 Å². The smallest absolute Gasteiger partial charge is 0.193 e. The Labute approximate surface area is 141 Å². The molecule has 1 saturated heterocycles. The van der Waals surface area contributed by atoms with Crippen LogP contribution in [0.25, 0.3) is 0 Å². The van der Waals surface area contributed by atoms with E-state index in [1.807, 2.05) is 0 Å². The standard InChI is InChI=1S/C15H21F2N3.HI/c1-11-4-3-7-20(10-11)15(18-2)19-9-12-8-13(16)5-6-14(12)17;/h5-6,8,11H,3-4,7,9-10H2,1-2H3,(H,18,19);1H. The number of nitrogens with zero attached hydrogens (tertiary/aromatic N) is 2. The number of guanidine groups is 1. The van der Waals surface area contributed by atoms with Gasteiger partial charge in [-0.3, -0.25) is 4.99 Å². The number of hydrogen-bond donors (Lipinski definition) is 1. The highest BCUT2D eigenvalue weighted by molar-refractivity contribution is 14.0. The van der Waals surface area contributed by atoms with Gasteiger partial charge in [-0.15, -0.1) is 24.0 Å².